The van der Waals surface area contributed by atoms with Gasteiger partial charge in [-0.15, -0.1) is 0 Å². The van der Waals surface area contributed by atoms with Crippen molar-refractivity contribution in [2.24, 2.45) is 18.9 Å². The molecule has 1 aliphatic carbocycles. The molecule has 0 radical (unpaired) electrons. The lowest BCUT2D eigenvalue weighted by molar-refractivity contribution is 0.312. The number of rotatable bonds is 5. The van der Waals surface area contributed by atoms with Crippen LogP contribution in [0.5, 0.6) is 0 Å². The quantitative estimate of drug-likeness (QED) is 0.915. The molecule has 2 aromatic heterocycles. The SMILES string of the molecule is CCC1CCC(NC(c2ccco2)c2nccn2C)C1C. The average Bonchev–Trinajstić information content (AvgIpc) is 3.19. The van der Waals surface area contributed by atoms with Crippen LogP contribution in [0.25, 0.3) is 0 Å². The lowest BCUT2D eigenvalue weighted by atomic mass is 9.93. The Bertz CT molecular complexity index is 560. The van der Waals surface area contributed by atoms with Crippen LogP contribution in [-0.4, -0.2) is 15.6 Å². The zero-order valence-electron chi connectivity index (χ0n) is 13.1. The second-order valence-corrected chi connectivity index (χ2v) is 6.22. The van der Waals surface area contributed by atoms with E-state index in [2.05, 4.69) is 28.7 Å². The van der Waals surface area contributed by atoms with Crippen LogP contribution < -0.4 is 5.32 Å². The van der Waals surface area contributed by atoms with Crippen LogP contribution in [0.2, 0.25) is 0 Å². The van der Waals surface area contributed by atoms with Crippen molar-refractivity contribution in [3.63, 3.8) is 0 Å². The highest BCUT2D eigenvalue weighted by molar-refractivity contribution is 5.16. The highest BCUT2D eigenvalue weighted by atomic mass is 16.3. The first-order valence-electron chi connectivity index (χ1n) is 7.97. The molecule has 0 saturated heterocycles. The fourth-order valence-corrected chi connectivity index (χ4v) is 3.67. The van der Waals surface area contributed by atoms with E-state index in [1.165, 1.54) is 19.3 Å². The molecule has 21 heavy (non-hydrogen) atoms. The number of aromatic nitrogens is 2. The van der Waals surface area contributed by atoms with E-state index in [9.17, 15) is 0 Å². The van der Waals surface area contributed by atoms with Gasteiger partial charge in [-0.25, -0.2) is 4.98 Å². The molecule has 1 saturated carbocycles. The fourth-order valence-electron chi connectivity index (χ4n) is 3.67. The van der Waals surface area contributed by atoms with Crippen LogP contribution in [-0.2, 0) is 7.05 Å². The summed E-state index contributed by atoms with van der Waals surface area (Å²) in [6.07, 6.45) is 9.40. The second kappa shape index (κ2) is 6.06. The molecule has 4 atom stereocenters. The van der Waals surface area contributed by atoms with Crippen LogP contribution >= 0.6 is 0 Å². The Kier molecular flexibility index (Phi) is 4.15. The Balaban J connectivity index is 1.83. The molecule has 3 rings (SSSR count). The summed E-state index contributed by atoms with van der Waals surface area (Å²) in [5.41, 5.74) is 0. The molecule has 4 nitrogen and oxygen atoms in total. The van der Waals surface area contributed by atoms with E-state index in [0.29, 0.717) is 12.0 Å². The minimum Gasteiger partial charge on any atom is -0.467 e. The maximum atomic E-state index is 5.66. The third-order valence-electron chi connectivity index (χ3n) is 5.08. The summed E-state index contributed by atoms with van der Waals surface area (Å²) in [6.45, 7) is 4.67. The molecule has 2 heterocycles. The van der Waals surface area contributed by atoms with Gasteiger partial charge in [-0.3, -0.25) is 5.32 Å². The van der Waals surface area contributed by atoms with Crippen LogP contribution in [0.4, 0.5) is 0 Å². The minimum atomic E-state index is 0.0306. The summed E-state index contributed by atoms with van der Waals surface area (Å²) in [5, 5.41) is 3.80. The van der Waals surface area contributed by atoms with E-state index in [0.717, 1.165) is 17.5 Å². The van der Waals surface area contributed by atoms with Crippen molar-refractivity contribution in [1.82, 2.24) is 14.9 Å². The average molecular weight is 287 g/mol. The maximum Gasteiger partial charge on any atom is 0.133 e. The maximum absolute atomic E-state index is 5.66. The number of hydrogen-bond acceptors (Lipinski definition) is 3. The van der Waals surface area contributed by atoms with Gasteiger partial charge in [0, 0.05) is 25.5 Å². The topological polar surface area (TPSA) is 43.0 Å². The monoisotopic (exact) mass is 287 g/mol. The molecule has 0 aliphatic heterocycles. The van der Waals surface area contributed by atoms with Crippen LogP contribution in [0.1, 0.15) is 50.7 Å². The molecular formula is C17H25N3O. The molecular weight excluding hydrogens is 262 g/mol. The number of aryl methyl sites for hydroxylation is 1. The molecule has 0 spiro atoms. The van der Waals surface area contributed by atoms with Gasteiger partial charge in [-0.1, -0.05) is 20.3 Å². The number of furan rings is 1. The molecule has 0 bridgehead atoms. The van der Waals surface area contributed by atoms with Gasteiger partial charge in [0.05, 0.1) is 6.26 Å². The minimum absolute atomic E-state index is 0.0306. The molecule has 2 aromatic rings. The van der Waals surface area contributed by atoms with E-state index in [1.807, 2.05) is 31.6 Å². The highest BCUT2D eigenvalue weighted by Crippen LogP contribution is 2.36. The van der Waals surface area contributed by atoms with Gasteiger partial charge in [-0.05, 0) is 36.8 Å². The molecule has 4 heteroatoms. The summed E-state index contributed by atoms with van der Waals surface area (Å²) in [4.78, 5) is 4.52. The van der Waals surface area contributed by atoms with Gasteiger partial charge in [0.2, 0.25) is 0 Å². The Morgan fingerprint density at radius 3 is 2.90 bits per heavy atom. The van der Waals surface area contributed by atoms with Crippen molar-refractivity contribution in [3.05, 3.63) is 42.4 Å². The Morgan fingerprint density at radius 1 is 1.48 bits per heavy atom. The van der Waals surface area contributed by atoms with Gasteiger partial charge in [0.1, 0.15) is 17.6 Å². The zero-order valence-corrected chi connectivity index (χ0v) is 13.1. The lowest BCUT2D eigenvalue weighted by Gasteiger charge is -2.26. The van der Waals surface area contributed by atoms with E-state index >= 15 is 0 Å². The van der Waals surface area contributed by atoms with Gasteiger partial charge in [0.25, 0.3) is 0 Å². The summed E-state index contributed by atoms with van der Waals surface area (Å²) in [5.74, 6) is 3.49. The van der Waals surface area contributed by atoms with Gasteiger partial charge < -0.3 is 8.98 Å². The van der Waals surface area contributed by atoms with Crippen molar-refractivity contribution in [2.75, 3.05) is 0 Å². The first-order valence-corrected chi connectivity index (χ1v) is 7.97. The Labute approximate surface area is 126 Å². The van der Waals surface area contributed by atoms with Gasteiger partial charge in [-0.2, -0.15) is 0 Å². The number of imidazole rings is 1. The predicted octanol–water partition coefficient (Wildman–Crippen LogP) is 3.52. The highest BCUT2D eigenvalue weighted by Gasteiger charge is 2.34. The van der Waals surface area contributed by atoms with E-state index in [-0.39, 0.29) is 6.04 Å². The first kappa shape index (κ1) is 14.4. The fraction of sp³-hybridized carbons (Fsp3) is 0.588. The number of hydrogen-bond donors (Lipinski definition) is 1. The third kappa shape index (κ3) is 2.77. The number of nitrogens with zero attached hydrogens (tertiary/aromatic N) is 2. The van der Waals surface area contributed by atoms with Crippen molar-refractivity contribution in [3.8, 4) is 0 Å². The normalized spacial score (nSPS) is 27.1. The molecule has 114 valence electrons. The second-order valence-electron chi connectivity index (χ2n) is 6.22. The van der Waals surface area contributed by atoms with E-state index < -0.39 is 0 Å². The standard InChI is InChI=1S/C17H25N3O/c1-4-13-7-8-14(12(13)2)19-16(15-6-5-11-21-15)17-18-9-10-20(17)3/h5-6,9-14,16,19H,4,7-8H2,1-3H3. The summed E-state index contributed by atoms with van der Waals surface area (Å²) < 4.78 is 7.72. The van der Waals surface area contributed by atoms with Crippen molar-refractivity contribution in [1.29, 1.82) is 0 Å². The van der Waals surface area contributed by atoms with Gasteiger partial charge in [0.15, 0.2) is 0 Å². The smallest absolute Gasteiger partial charge is 0.133 e. The zero-order chi connectivity index (χ0) is 14.8. The molecule has 1 aliphatic rings. The summed E-state index contributed by atoms with van der Waals surface area (Å²) in [7, 11) is 2.03. The molecule has 0 aromatic carbocycles. The van der Waals surface area contributed by atoms with Crippen LogP contribution in [0, 0.1) is 11.8 Å². The predicted molar refractivity (Wildman–Crippen MR) is 82.9 cm³/mol. The largest absolute Gasteiger partial charge is 0.467 e. The molecule has 1 fully saturated rings. The van der Waals surface area contributed by atoms with Crippen molar-refractivity contribution >= 4 is 0 Å². The molecule has 1 N–H and O–H groups in total. The molecule has 0 amide bonds. The number of nitrogens with one attached hydrogen (secondary N) is 1. The van der Waals surface area contributed by atoms with Crippen molar-refractivity contribution < 1.29 is 4.42 Å². The third-order valence-corrected chi connectivity index (χ3v) is 5.08. The Morgan fingerprint density at radius 2 is 2.33 bits per heavy atom. The Hall–Kier alpha value is -1.55. The first-order chi connectivity index (χ1) is 10.2. The van der Waals surface area contributed by atoms with E-state index in [4.69, 9.17) is 4.42 Å². The van der Waals surface area contributed by atoms with Crippen molar-refractivity contribution in [2.45, 2.75) is 45.2 Å². The lowest BCUT2D eigenvalue weighted by Crippen LogP contribution is -2.37. The molecule has 4 unspecified atom stereocenters. The van der Waals surface area contributed by atoms with Crippen LogP contribution in [0.3, 0.4) is 0 Å². The van der Waals surface area contributed by atoms with Gasteiger partial charge >= 0.3 is 0 Å². The summed E-state index contributed by atoms with van der Waals surface area (Å²) in [6, 6.07) is 4.54. The van der Waals surface area contributed by atoms with Crippen LogP contribution in [0.15, 0.2) is 35.2 Å². The summed E-state index contributed by atoms with van der Waals surface area (Å²) >= 11 is 0. The van der Waals surface area contributed by atoms with E-state index in [1.54, 1.807) is 6.26 Å².